The summed E-state index contributed by atoms with van der Waals surface area (Å²) in [5.74, 6) is 0.514. The number of hydrogen-bond acceptors (Lipinski definition) is 0. The van der Waals surface area contributed by atoms with Gasteiger partial charge in [0.2, 0.25) is 0 Å². The molecule has 0 radical (unpaired) electrons. The molecule has 0 bridgehead atoms. The quantitative estimate of drug-likeness (QED) is 0.604. The Morgan fingerprint density at radius 2 is 1.61 bits per heavy atom. The third-order valence-electron chi connectivity index (χ3n) is 4.69. The molecule has 0 saturated carbocycles. The van der Waals surface area contributed by atoms with Gasteiger partial charge in [0, 0.05) is 0 Å². The molecule has 0 aliphatic carbocycles. The number of hydrogen-bond donors (Lipinski definition) is 0. The van der Waals surface area contributed by atoms with E-state index in [1.807, 2.05) is 0 Å². The maximum Gasteiger partial charge on any atom is 0.0800 e. The third kappa shape index (κ3) is 3.35. The van der Waals surface area contributed by atoms with Crippen LogP contribution in [0.3, 0.4) is 0 Å². The molecule has 18 heavy (non-hydrogen) atoms. The van der Waals surface area contributed by atoms with E-state index in [1.165, 1.54) is 5.56 Å². The largest absolute Gasteiger partial charge is 0.0866 e. The molecule has 0 amide bonds. The Morgan fingerprint density at radius 1 is 1.11 bits per heavy atom. The van der Waals surface area contributed by atoms with E-state index in [1.54, 1.807) is 5.20 Å². The van der Waals surface area contributed by atoms with Gasteiger partial charge in [-0.3, -0.25) is 0 Å². The summed E-state index contributed by atoms with van der Waals surface area (Å²) in [7, 11) is -1.34. The van der Waals surface area contributed by atoms with Crippen LogP contribution in [0.5, 0.6) is 0 Å². The highest BCUT2D eigenvalue weighted by atomic mass is 28.3. The Balaban J connectivity index is 2.97. The number of allylic oxidation sites excluding steroid dienone is 2. The average Bonchev–Trinajstić information content (AvgIpc) is 2.28. The maximum atomic E-state index is 2.48. The van der Waals surface area contributed by atoms with E-state index in [-0.39, 0.29) is 0 Å². The van der Waals surface area contributed by atoms with Gasteiger partial charge < -0.3 is 0 Å². The normalized spacial score (nSPS) is 15.6. The summed E-state index contributed by atoms with van der Waals surface area (Å²) >= 11 is 0. The Labute approximate surface area is 114 Å². The molecule has 0 nitrogen and oxygen atoms in total. The molecule has 0 fully saturated rings. The molecule has 0 saturated heterocycles. The fraction of sp³-hybridized carbons (Fsp3) is 0.529. The SMILES string of the molecule is CC(=CC(C)c1ccccc1)[Si](C)(C)C(C)(C)C. The van der Waals surface area contributed by atoms with Crippen molar-refractivity contribution < 1.29 is 0 Å². The summed E-state index contributed by atoms with van der Waals surface area (Å²) in [5, 5.41) is 2.04. The first-order chi connectivity index (χ1) is 8.16. The van der Waals surface area contributed by atoms with Gasteiger partial charge in [0.1, 0.15) is 0 Å². The zero-order valence-electron chi connectivity index (χ0n) is 13.0. The maximum absolute atomic E-state index is 2.48. The van der Waals surface area contributed by atoms with E-state index in [0.29, 0.717) is 11.0 Å². The fourth-order valence-corrected chi connectivity index (χ4v) is 3.88. The summed E-state index contributed by atoms with van der Waals surface area (Å²) in [6.45, 7) is 16.7. The van der Waals surface area contributed by atoms with Crippen molar-refractivity contribution in [2.24, 2.45) is 0 Å². The predicted molar refractivity (Wildman–Crippen MR) is 85.8 cm³/mol. The monoisotopic (exact) mass is 260 g/mol. The van der Waals surface area contributed by atoms with Crippen LogP contribution in [0.25, 0.3) is 0 Å². The lowest BCUT2D eigenvalue weighted by atomic mass is 10.0. The molecular weight excluding hydrogens is 232 g/mol. The molecule has 0 aliphatic heterocycles. The number of benzene rings is 1. The first-order valence-electron chi connectivity index (χ1n) is 6.90. The Morgan fingerprint density at radius 3 is 2.06 bits per heavy atom. The molecule has 1 aromatic carbocycles. The summed E-state index contributed by atoms with van der Waals surface area (Å²) in [6.07, 6.45) is 2.48. The average molecular weight is 260 g/mol. The van der Waals surface area contributed by atoms with Crippen LogP contribution in [0.1, 0.15) is 46.1 Å². The zero-order valence-corrected chi connectivity index (χ0v) is 14.0. The van der Waals surface area contributed by atoms with Gasteiger partial charge >= 0.3 is 0 Å². The topological polar surface area (TPSA) is 0 Å². The molecule has 0 heterocycles. The summed E-state index contributed by atoms with van der Waals surface area (Å²) in [6, 6.07) is 10.8. The minimum Gasteiger partial charge on any atom is -0.0866 e. The van der Waals surface area contributed by atoms with Crippen molar-refractivity contribution in [2.75, 3.05) is 0 Å². The molecule has 0 spiro atoms. The van der Waals surface area contributed by atoms with Gasteiger partial charge in [0.05, 0.1) is 8.07 Å². The highest BCUT2D eigenvalue weighted by molar-refractivity contribution is 6.86. The van der Waals surface area contributed by atoms with Crippen molar-refractivity contribution in [3.63, 3.8) is 0 Å². The van der Waals surface area contributed by atoms with E-state index < -0.39 is 8.07 Å². The van der Waals surface area contributed by atoms with Crippen LogP contribution in [0.4, 0.5) is 0 Å². The standard InChI is InChI=1S/C17H28Si/c1-14(16-11-9-8-10-12-16)13-15(2)18(6,7)17(3,4)5/h8-14H,1-7H3. The minimum absolute atomic E-state index is 0.421. The van der Waals surface area contributed by atoms with Gasteiger partial charge in [0.15, 0.2) is 0 Å². The lowest BCUT2D eigenvalue weighted by molar-refractivity contribution is 0.723. The predicted octanol–water partition coefficient (Wildman–Crippen LogP) is 5.78. The van der Waals surface area contributed by atoms with Crippen molar-refractivity contribution in [1.82, 2.24) is 0 Å². The van der Waals surface area contributed by atoms with E-state index in [4.69, 9.17) is 0 Å². The highest BCUT2D eigenvalue weighted by Gasteiger charge is 2.36. The van der Waals surface area contributed by atoms with Gasteiger partial charge in [0.25, 0.3) is 0 Å². The van der Waals surface area contributed by atoms with Crippen molar-refractivity contribution in [2.45, 2.75) is 58.7 Å². The van der Waals surface area contributed by atoms with Gasteiger partial charge in [-0.15, -0.1) is 0 Å². The smallest absolute Gasteiger partial charge is 0.0800 e. The van der Waals surface area contributed by atoms with Crippen LogP contribution in [-0.4, -0.2) is 8.07 Å². The van der Waals surface area contributed by atoms with Gasteiger partial charge in [-0.1, -0.05) is 82.4 Å². The molecule has 0 aromatic heterocycles. The molecule has 0 aliphatic rings. The second-order valence-corrected chi connectivity index (χ2v) is 12.5. The summed E-state index contributed by atoms with van der Waals surface area (Å²) in [5.41, 5.74) is 1.41. The highest BCUT2D eigenvalue weighted by Crippen LogP contribution is 2.41. The van der Waals surface area contributed by atoms with E-state index in [9.17, 15) is 0 Å². The Hall–Kier alpha value is -0.823. The van der Waals surface area contributed by atoms with Crippen LogP contribution in [0.15, 0.2) is 41.6 Å². The Kier molecular flexibility index (Phi) is 4.60. The van der Waals surface area contributed by atoms with Crippen molar-refractivity contribution in [1.29, 1.82) is 0 Å². The number of rotatable bonds is 3. The van der Waals surface area contributed by atoms with E-state index in [0.717, 1.165) is 0 Å². The lowest BCUT2D eigenvalue weighted by Crippen LogP contribution is -2.39. The molecule has 100 valence electrons. The van der Waals surface area contributed by atoms with Crippen molar-refractivity contribution >= 4 is 8.07 Å². The lowest BCUT2D eigenvalue weighted by Gasteiger charge is -2.38. The van der Waals surface area contributed by atoms with E-state index in [2.05, 4.69) is 84.1 Å². The molecule has 1 unspecified atom stereocenters. The third-order valence-corrected chi connectivity index (χ3v) is 10.6. The fourth-order valence-electron chi connectivity index (χ4n) is 2.03. The summed E-state index contributed by atoms with van der Waals surface area (Å²) in [4.78, 5) is 0. The molecule has 1 rings (SSSR count). The molecule has 0 N–H and O–H groups in total. The zero-order chi connectivity index (χ0) is 14.0. The van der Waals surface area contributed by atoms with Crippen molar-refractivity contribution in [3.8, 4) is 0 Å². The van der Waals surface area contributed by atoms with Gasteiger partial charge in [-0.2, -0.15) is 0 Å². The first-order valence-corrected chi connectivity index (χ1v) is 9.90. The van der Waals surface area contributed by atoms with Crippen LogP contribution >= 0.6 is 0 Å². The second kappa shape index (κ2) is 5.44. The summed E-state index contributed by atoms with van der Waals surface area (Å²) < 4.78 is 0. The van der Waals surface area contributed by atoms with Crippen LogP contribution in [0, 0.1) is 0 Å². The van der Waals surface area contributed by atoms with E-state index >= 15 is 0 Å². The molecular formula is C17H28Si. The van der Waals surface area contributed by atoms with Gasteiger partial charge in [-0.25, -0.2) is 0 Å². The van der Waals surface area contributed by atoms with Crippen LogP contribution in [-0.2, 0) is 0 Å². The molecule has 1 aromatic rings. The minimum atomic E-state index is -1.34. The second-order valence-electron chi connectivity index (χ2n) is 6.92. The van der Waals surface area contributed by atoms with Crippen LogP contribution < -0.4 is 0 Å². The Bertz CT molecular complexity index is 407. The van der Waals surface area contributed by atoms with Crippen LogP contribution in [0.2, 0.25) is 18.1 Å². The first kappa shape index (κ1) is 15.2. The van der Waals surface area contributed by atoms with Gasteiger partial charge in [-0.05, 0) is 23.4 Å². The molecule has 1 heteroatoms. The molecule has 1 atom stereocenters. The van der Waals surface area contributed by atoms with Crippen molar-refractivity contribution in [3.05, 3.63) is 47.2 Å².